The Balaban J connectivity index is 1.96. The highest BCUT2D eigenvalue weighted by atomic mass is 35.5. The molecule has 2 aromatic carbocycles. The molecule has 0 aliphatic heterocycles. The predicted octanol–water partition coefficient (Wildman–Crippen LogP) is 4.84. The lowest BCUT2D eigenvalue weighted by molar-refractivity contribution is 0.134. The van der Waals surface area contributed by atoms with Crippen molar-refractivity contribution in [1.29, 1.82) is 0 Å². The molecule has 1 aliphatic rings. The maximum atomic E-state index is 10.8. The number of hydrogen-bond donors (Lipinski definition) is 5. The third-order valence-electron chi connectivity index (χ3n) is 5.18. The summed E-state index contributed by atoms with van der Waals surface area (Å²) in [6.07, 6.45) is 1.05. The van der Waals surface area contributed by atoms with Crippen molar-refractivity contribution in [2.24, 2.45) is 5.92 Å². The van der Waals surface area contributed by atoms with Crippen LogP contribution in [0.1, 0.15) is 29.2 Å². The molecule has 0 saturated carbocycles. The second-order valence-corrected chi connectivity index (χ2v) is 8.22. The second kappa shape index (κ2) is 8.19. The zero-order valence-electron chi connectivity index (χ0n) is 15.9. The summed E-state index contributed by atoms with van der Waals surface area (Å²) in [6, 6.07) is 6.23. The summed E-state index contributed by atoms with van der Waals surface area (Å²) in [6.45, 7) is 3.55. The van der Waals surface area contributed by atoms with Crippen LogP contribution in [-0.4, -0.2) is 31.6 Å². The quantitative estimate of drug-likeness (QED) is 0.471. The van der Waals surface area contributed by atoms with Crippen LogP contribution in [-0.2, 0) is 12.8 Å². The van der Waals surface area contributed by atoms with Crippen molar-refractivity contribution in [3.05, 3.63) is 74.0 Å². The number of aromatic hydroxyl groups is 3. The van der Waals surface area contributed by atoms with Crippen molar-refractivity contribution in [2.45, 2.75) is 32.8 Å². The Kier molecular flexibility index (Phi) is 6.03. The fraction of sp³-hybridized carbons (Fsp3) is 0.273. The molecule has 5 nitrogen and oxygen atoms in total. The van der Waals surface area contributed by atoms with Crippen LogP contribution in [0, 0.1) is 12.8 Å². The number of rotatable bonds is 4. The molecule has 1 aliphatic carbocycles. The van der Waals surface area contributed by atoms with E-state index >= 15 is 0 Å². The van der Waals surface area contributed by atoms with E-state index in [0.717, 1.165) is 11.6 Å². The van der Waals surface area contributed by atoms with Crippen LogP contribution in [0.4, 0.5) is 0 Å². The molecule has 7 heteroatoms. The van der Waals surface area contributed by atoms with Gasteiger partial charge < -0.3 is 25.5 Å². The van der Waals surface area contributed by atoms with Gasteiger partial charge in [0.15, 0.2) is 0 Å². The third kappa shape index (κ3) is 4.32. The van der Waals surface area contributed by atoms with Gasteiger partial charge in [0.2, 0.25) is 0 Å². The Bertz CT molecular complexity index is 1030. The molecule has 2 aromatic rings. The maximum absolute atomic E-state index is 10.8. The Morgan fingerprint density at radius 3 is 2.14 bits per heavy atom. The van der Waals surface area contributed by atoms with E-state index in [2.05, 4.69) is 0 Å². The molecule has 29 heavy (non-hydrogen) atoms. The SMILES string of the molecule is Cc1cc(CC2=CC(Cl)=C(O)C(C)C2O)c(O)c(Cc2cc(Cl)c(O)cc2O)c1. The van der Waals surface area contributed by atoms with Crippen LogP contribution in [0.5, 0.6) is 17.2 Å². The van der Waals surface area contributed by atoms with E-state index in [4.69, 9.17) is 23.2 Å². The molecule has 0 heterocycles. The van der Waals surface area contributed by atoms with Crippen LogP contribution in [0.2, 0.25) is 5.02 Å². The molecule has 0 aromatic heterocycles. The van der Waals surface area contributed by atoms with Gasteiger partial charge in [-0.2, -0.15) is 0 Å². The molecule has 0 saturated heterocycles. The van der Waals surface area contributed by atoms with Crippen LogP contribution >= 0.6 is 23.2 Å². The Hall–Kier alpha value is -2.34. The van der Waals surface area contributed by atoms with E-state index in [0.29, 0.717) is 22.3 Å². The van der Waals surface area contributed by atoms with Gasteiger partial charge in [-0.15, -0.1) is 0 Å². The Morgan fingerprint density at radius 2 is 1.48 bits per heavy atom. The normalized spacial score (nSPS) is 19.4. The van der Waals surface area contributed by atoms with E-state index in [-0.39, 0.29) is 45.9 Å². The summed E-state index contributed by atoms with van der Waals surface area (Å²) in [7, 11) is 0. The molecule has 154 valence electrons. The minimum absolute atomic E-state index is 0.0369. The van der Waals surface area contributed by atoms with Crippen molar-refractivity contribution in [3.63, 3.8) is 0 Å². The largest absolute Gasteiger partial charge is 0.510 e. The molecule has 2 atom stereocenters. The lowest BCUT2D eigenvalue weighted by Crippen LogP contribution is -2.26. The first kappa shape index (κ1) is 21.4. The summed E-state index contributed by atoms with van der Waals surface area (Å²) in [5, 5.41) is 51.2. The standard InChI is InChI=1S/C22H22Cl2O5/c1-10-3-13(5-12-7-16(23)19(26)9-18(12)25)22(29)14(4-10)6-15-8-17(24)21(28)11(2)20(15)27/h3-4,7-9,11,20,25-29H,5-6H2,1-2H3. The average Bonchev–Trinajstić information content (AvgIpc) is 2.65. The van der Waals surface area contributed by atoms with Crippen molar-refractivity contribution in [1.82, 2.24) is 0 Å². The van der Waals surface area contributed by atoms with Gasteiger partial charge in [0.25, 0.3) is 0 Å². The average molecular weight is 437 g/mol. The van der Waals surface area contributed by atoms with Gasteiger partial charge in [-0.25, -0.2) is 0 Å². The molecular weight excluding hydrogens is 415 g/mol. The van der Waals surface area contributed by atoms with Gasteiger partial charge in [0.05, 0.1) is 16.2 Å². The monoisotopic (exact) mass is 436 g/mol. The van der Waals surface area contributed by atoms with Crippen LogP contribution in [0.15, 0.2) is 46.7 Å². The van der Waals surface area contributed by atoms with Crippen molar-refractivity contribution in [3.8, 4) is 17.2 Å². The summed E-state index contributed by atoms with van der Waals surface area (Å²) >= 11 is 12.0. The lowest BCUT2D eigenvalue weighted by atomic mass is 9.86. The van der Waals surface area contributed by atoms with Crippen LogP contribution < -0.4 is 0 Å². The van der Waals surface area contributed by atoms with Gasteiger partial charge in [-0.3, -0.25) is 0 Å². The van der Waals surface area contributed by atoms with Crippen molar-refractivity contribution in [2.75, 3.05) is 0 Å². The summed E-state index contributed by atoms with van der Waals surface area (Å²) in [5.74, 6) is -0.903. The highest BCUT2D eigenvalue weighted by Gasteiger charge is 2.29. The first-order valence-corrected chi connectivity index (χ1v) is 9.83. The van der Waals surface area contributed by atoms with Crippen molar-refractivity contribution < 1.29 is 25.5 Å². The smallest absolute Gasteiger partial charge is 0.137 e. The molecular formula is C22H22Cl2O5. The first-order chi connectivity index (χ1) is 13.6. The van der Waals surface area contributed by atoms with Crippen LogP contribution in [0.3, 0.4) is 0 Å². The highest BCUT2D eigenvalue weighted by molar-refractivity contribution is 6.32. The van der Waals surface area contributed by atoms with Gasteiger partial charge in [0, 0.05) is 24.0 Å². The zero-order valence-corrected chi connectivity index (χ0v) is 17.5. The van der Waals surface area contributed by atoms with E-state index in [1.807, 2.05) is 13.0 Å². The number of aryl methyl sites for hydroxylation is 1. The number of aliphatic hydroxyl groups excluding tert-OH is 2. The second-order valence-electron chi connectivity index (χ2n) is 7.40. The molecule has 3 rings (SSSR count). The van der Waals surface area contributed by atoms with Gasteiger partial charge in [-0.1, -0.05) is 47.8 Å². The number of aliphatic hydroxyl groups is 2. The molecule has 0 bridgehead atoms. The molecule has 0 spiro atoms. The molecule has 2 unspecified atom stereocenters. The van der Waals surface area contributed by atoms with Gasteiger partial charge in [-0.05, 0) is 42.2 Å². The lowest BCUT2D eigenvalue weighted by Gasteiger charge is -2.26. The Morgan fingerprint density at radius 1 is 0.862 bits per heavy atom. The number of allylic oxidation sites excluding steroid dienone is 2. The van der Waals surface area contributed by atoms with Gasteiger partial charge in [0.1, 0.15) is 23.0 Å². The first-order valence-electron chi connectivity index (χ1n) is 9.07. The van der Waals surface area contributed by atoms with E-state index in [9.17, 15) is 25.5 Å². The number of benzene rings is 2. The summed E-state index contributed by atoms with van der Waals surface area (Å²) in [5.41, 5.74) is 3.09. The van der Waals surface area contributed by atoms with Crippen LogP contribution in [0.25, 0.3) is 0 Å². The minimum atomic E-state index is -0.916. The number of hydrogen-bond acceptors (Lipinski definition) is 5. The minimum Gasteiger partial charge on any atom is -0.510 e. The number of phenolic OH excluding ortho intramolecular Hbond substituents is 3. The summed E-state index contributed by atoms with van der Waals surface area (Å²) < 4.78 is 0. The maximum Gasteiger partial charge on any atom is 0.137 e. The van der Waals surface area contributed by atoms with E-state index in [1.54, 1.807) is 13.0 Å². The Labute approximate surface area is 178 Å². The number of halogens is 2. The summed E-state index contributed by atoms with van der Waals surface area (Å²) in [4.78, 5) is 0. The zero-order chi connectivity index (χ0) is 21.5. The number of phenols is 3. The topological polar surface area (TPSA) is 101 Å². The van der Waals surface area contributed by atoms with Gasteiger partial charge >= 0.3 is 0 Å². The van der Waals surface area contributed by atoms with E-state index < -0.39 is 12.0 Å². The molecule has 0 radical (unpaired) electrons. The van der Waals surface area contributed by atoms with E-state index in [1.165, 1.54) is 12.1 Å². The molecule has 0 fully saturated rings. The van der Waals surface area contributed by atoms with Crippen molar-refractivity contribution >= 4 is 23.2 Å². The highest BCUT2D eigenvalue weighted by Crippen LogP contribution is 2.37. The third-order valence-corrected chi connectivity index (χ3v) is 5.78. The molecule has 0 amide bonds. The molecule has 5 N–H and O–H groups in total. The fourth-order valence-electron chi connectivity index (χ4n) is 3.53. The fourth-order valence-corrected chi connectivity index (χ4v) is 4.03. The predicted molar refractivity (Wildman–Crippen MR) is 113 cm³/mol.